The minimum absolute atomic E-state index is 0.0431. The Morgan fingerprint density at radius 2 is 1.16 bits per heavy atom. The van der Waals surface area contributed by atoms with Gasteiger partial charge in [-0.15, -0.1) is 11.3 Å². The second-order valence-corrected chi connectivity index (χ2v) is 14.4. The molecular formula is C42H32N2S. The minimum Gasteiger partial charge on any atom is -0.244 e. The summed E-state index contributed by atoms with van der Waals surface area (Å²) in [5.41, 5.74) is 11.3. The summed E-state index contributed by atoms with van der Waals surface area (Å²) < 4.78 is 2.70. The quantitative estimate of drug-likeness (QED) is 0.198. The molecule has 0 bridgehead atoms. The van der Waals surface area contributed by atoms with Crippen LogP contribution in [0.3, 0.4) is 0 Å². The Morgan fingerprint density at radius 1 is 0.533 bits per heavy atom. The van der Waals surface area contributed by atoms with E-state index in [1.807, 2.05) is 35.6 Å². The molecule has 0 fully saturated rings. The van der Waals surface area contributed by atoms with Gasteiger partial charge in [0.1, 0.15) is 0 Å². The van der Waals surface area contributed by atoms with Gasteiger partial charge in [-0.25, -0.2) is 9.97 Å². The lowest BCUT2D eigenvalue weighted by atomic mass is 9.55. The average Bonchev–Trinajstić information content (AvgIpc) is 3.45. The number of benzene rings is 6. The van der Waals surface area contributed by atoms with Gasteiger partial charge in [0, 0.05) is 36.7 Å². The first-order valence-corrected chi connectivity index (χ1v) is 16.5. The molecule has 0 unspecified atom stereocenters. The van der Waals surface area contributed by atoms with Crippen LogP contribution in [0, 0.1) is 0 Å². The van der Waals surface area contributed by atoms with Gasteiger partial charge < -0.3 is 0 Å². The van der Waals surface area contributed by atoms with Crippen molar-refractivity contribution in [2.45, 2.75) is 38.5 Å². The summed E-state index contributed by atoms with van der Waals surface area (Å²) in [6, 6.07) is 43.6. The lowest BCUT2D eigenvalue weighted by Gasteiger charge is -2.48. The van der Waals surface area contributed by atoms with E-state index >= 15 is 0 Å². The molecule has 2 heterocycles. The van der Waals surface area contributed by atoms with Gasteiger partial charge in [0.25, 0.3) is 0 Å². The van der Waals surface area contributed by atoms with Gasteiger partial charge in [-0.2, -0.15) is 0 Å². The normalized spacial score (nSPS) is 15.0. The number of aromatic nitrogens is 2. The summed E-state index contributed by atoms with van der Waals surface area (Å²) in [6.07, 6.45) is 0. The van der Waals surface area contributed by atoms with Crippen LogP contribution in [0.25, 0.3) is 75.6 Å². The molecule has 9 rings (SSSR count). The predicted octanol–water partition coefficient (Wildman–Crippen LogP) is 11.7. The zero-order valence-electron chi connectivity index (χ0n) is 25.8. The van der Waals surface area contributed by atoms with Gasteiger partial charge >= 0.3 is 0 Å². The highest BCUT2D eigenvalue weighted by Gasteiger charge is 2.47. The molecule has 0 amide bonds. The minimum atomic E-state index is -0.0903. The van der Waals surface area contributed by atoms with Crippen LogP contribution in [0.4, 0.5) is 0 Å². The molecule has 6 aromatic carbocycles. The summed E-state index contributed by atoms with van der Waals surface area (Å²) in [6.45, 7) is 9.74. The molecule has 1 aliphatic rings. The van der Waals surface area contributed by atoms with Gasteiger partial charge in [-0.05, 0) is 62.7 Å². The van der Waals surface area contributed by atoms with Crippen molar-refractivity contribution in [2.75, 3.05) is 0 Å². The molecule has 0 radical (unpaired) electrons. The van der Waals surface area contributed by atoms with Crippen LogP contribution in [-0.4, -0.2) is 9.97 Å². The molecule has 2 aromatic heterocycles. The Balaban J connectivity index is 1.40. The lowest BCUT2D eigenvalue weighted by Crippen LogP contribution is -2.43. The smallest absolute Gasteiger partial charge is 0.0973 e. The van der Waals surface area contributed by atoms with Crippen LogP contribution >= 0.6 is 11.3 Å². The summed E-state index contributed by atoms with van der Waals surface area (Å²) in [5, 5.41) is 5.28. The molecule has 0 saturated heterocycles. The van der Waals surface area contributed by atoms with Crippen molar-refractivity contribution < 1.29 is 0 Å². The van der Waals surface area contributed by atoms with Gasteiger partial charge in [0.05, 0.1) is 22.4 Å². The number of nitrogens with zero attached hydrogens (tertiary/aromatic N) is 2. The molecule has 0 saturated carbocycles. The fourth-order valence-corrected chi connectivity index (χ4v) is 9.03. The number of para-hydroxylation sites is 2. The molecule has 0 spiro atoms. The highest BCUT2D eigenvalue weighted by molar-refractivity contribution is 7.26. The van der Waals surface area contributed by atoms with E-state index in [1.165, 1.54) is 53.2 Å². The van der Waals surface area contributed by atoms with Crippen molar-refractivity contribution in [2.24, 2.45) is 0 Å². The standard InChI is InChI=1S/C42H32N2S/c1-41(2)31-19-11-10-18-29(31)35-27-16-8-9-17-28(27)36-30-24-26(22-23-34(30)45-40(36)37(35)42(41,3)4)39-38(25-14-6-5-7-15-25)43-32-20-12-13-21-33(32)44-39/h5-24H,1-4H3. The molecule has 0 aliphatic heterocycles. The van der Waals surface area contributed by atoms with E-state index in [0.717, 1.165) is 33.5 Å². The Hall–Kier alpha value is -4.86. The second kappa shape index (κ2) is 9.32. The fraction of sp³-hybridized carbons (Fsp3) is 0.143. The second-order valence-electron chi connectivity index (χ2n) is 13.4. The Bertz CT molecular complexity index is 2480. The van der Waals surface area contributed by atoms with Crippen LogP contribution in [0.2, 0.25) is 0 Å². The van der Waals surface area contributed by atoms with E-state index in [2.05, 4.69) is 125 Å². The zero-order valence-corrected chi connectivity index (χ0v) is 26.7. The molecule has 216 valence electrons. The zero-order chi connectivity index (χ0) is 30.5. The SMILES string of the molecule is CC1(C)c2ccccc2-c2c(c3sc4ccc(-c5nc6ccccc6nc5-c5ccccc5)cc4c3c3ccccc23)C1(C)C. The molecular weight excluding hydrogens is 565 g/mol. The molecule has 2 nitrogen and oxygen atoms in total. The highest BCUT2D eigenvalue weighted by Crippen LogP contribution is 2.59. The van der Waals surface area contributed by atoms with E-state index in [9.17, 15) is 0 Å². The fourth-order valence-electron chi connectivity index (χ4n) is 7.63. The topological polar surface area (TPSA) is 25.8 Å². The predicted molar refractivity (Wildman–Crippen MR) is 192 cm³/mol. The first-order valence-electron chi connectivity index (χ1n) is 15.7. The van der Waals surface area contributed by atoms with Crippen LogP contribution in [0.15, 0.2) is 121 Å². The van der Waals surface area contributed by atoms with E-state index in [1.54, 1.807) is 0 Å². The summed E-state index contributed by atoms with van der Waals surface area (Å²) in [7, 11) is 0. The molecule has 8 aromatic rings. The third-order valence-electron chi connectivity index (χ3n) is 10.6. The van der Waals surface area contributed by atoms with Crippen LogP contribution in [-0.2, 0) is 10.8 Å². The molecule has 0 N–H and O–H groups in total. The highest BCUT2D eigenvalue weighted by atomic mass is 32.1. The Labute approximate surface area is 267 Å². The monoisotopic (exact) mass is 596 g/mol. The third-order valence-corrected chi connectivity index (χ3v) is 11.8. The van der Waals surface area contributed by atoms with Crippen molar-refractivity contribution in [1.82, 2.24) is 9.97 Å². The van der Waals surface area contributed by atoms with Crippen molar-refractivity contribution >= 4 is 53.3 Å². The third kappa shape index (κ3) is 3.62. The first kappa shape index (κ1) is 26.5. The molecule has 45 heavy (non-hydrogen) atoms. The molecule has 0 atom stereocenters. The Morgan fingerprint density at radius 3 is 1.91 bits per heavy atom. The number of rotatable bonds is 2. The number of fused-ring (bicyclic) bond motifs is 11. The summed E-state index contributed by atoms with van der Waals surface area (Å²) in [4.78, 5) is 10.4. The maximum Gasteiger partial charge on any atom is 0.0973 e. The van der Waals surface area contributed by atoms with Gasteiger partial charge in [-0.1, -0.05) is 125 Å². The largest absolute Gasteiger partial charge is 0.244 e. The molecule has 1 aliphatic carbocycles. The van der Waals surface area contributed by atoms with E-state index in [4.69, 9.17) is 9.97 Å². The van der Waals surface area contributed by atoms with E-state index in [-0.39, 0.29) is 10.8 Å². The number of thiophene rings is 1. The summed E-state index contributed by atoms with van der Waals surface area (Å²) >= 11 is 1.94. The number of hydrogen-bond acceptors (Lipinski definition) is 3. The van der Waals surface area contributed by atoms with E-state index in [0.29, 0.717) is 0 Å². The van der Waals surface area contributed by atoms with Crippen LogP contribution < -0.4 is 0 Å². The van der Waals surface area contributed by atoms with Gasteiger partial charge in [0.2, 0.25) is 0 Å². The maximum atomic E-state index is 5.23. The first-order chi connectivity index (χ1) is 21.8. The van der Waals surface area contributed by atoms with Crippen LogP contribution in [0.5, 0.6) is 0 Å². The van der Waals surface area contributed by atoms with Crippen molar-refractivity contribution in [1.29, 1.82) is 0 Å². The number of hydrogen-bond donors (Lipinski definition) is 0. The Kier molecular flexibility index (Phi) is 5.50. The van der Waals surface area contributed by atoms with Crippen LogP contribution in [0.1, 0.15) is 38.8 Å². The molecule has 3 heteroatoms. The maximum absolute atomic E-state index is 5.23. The summed E-state index contributed by atoms with van der Waals surface area (Å²) in [5.74, 6) is 0. The van der Waals surface area contributed by atoms with Crippen molar-refractivity contribution in [3.8, 4) is 33.6 Å². The van der Waals surface area contributed by atoms with E-state index < -0.39 is 0 Å². The van der Waals surface area contributed by atoms with Crippen molar-refractivity contribution in [3.05, 3.63) is 132 Å². The van der Waals surface area contributed by atoms with Gasteiger partial charge in [-0.3, -0.25) is 0 Å². The average molecular weight is 597 g/mol. The van der Waals surface area contributed by atoms with Gasteiger partial charge in [0.15, 0.2) is 0 Å². The lowest BCUT2D eigenvalue weighted by molar-refractivity contribution is 0.302. The van der Waals surface area contributed by atoms with Crippen molar-refractivity contribution in [3.63, 3.8) is 0 Å².